The van der Waals surface area contributed by atoms with Crippen LogP contribution in [0.2, 0.25) is 0 Å². The molecule has 0 spiro atoms. The van der Waals surface area contributed by atoms with Crippen molar-refractivity contribution in [3.05, 3.63) is 47.8 Å². The van der Waals surface area contributed by atoms with Gasteiger partial charge >= 0.3 is 12.3 Å². The van der Waals surface area contributed by atoms with Crippen molar-refractivity contribution < 1.29 is 33.7 Å². The smallest absolute Gasteiger partial charge is 0.450 e. The van der Waals surface area contributed by atoms with Crippen LogP contribution in [-0.4, -0.2) is 34.7 Å². The molecule has 2 N–H and O–H groups in total. The number of benzene rings is 1. The molecule has 0 heterocycles. The van der Waals surface area contributed by atoms with E-state index in [2.05, 4.69) is 9.47 Å². The van der Waals surface area contributed by atoms with Gasteiger partial charge in [0.1, 0.15) is 11.9 Å². The van der Waals surface area contributed by atoms with Crippen LogP contribution in [0.3, 0.4) is 0 Å². The van der Waals surface area contributed by atoms with Gasteiger partial charge in [0.15, 0.2) is 6.10 Å². The largest absolute Gasteiger partial charge is 0.506 e. The summed E-state index contributed by atoms with van der Waals surface area (Å²) in [7, 11) is 0. The van der Waals surface area contributed by atoms with Crippen LogP contribution in [0.5, 0.6) is 0 Å². The van der Waals surface area contributed by atoms with Crippen LogP contribution in [0.4, 0.5) is 14.0 Å². The van der Waals surface area contributed by atoms with Crippen LogP contribution in [0.15, 0.2) is 36.4 Å². The minimum atomic E-state index is -1.51. The van der Waals surface area contributed by atoms with Crippen LogP contribution in [0.1, 0.15) is 17.9 Å². The van der Waals surface area contributed by atoms with Crippen molar-refractivity contribution in [1.82, 2.24) is 0 Å². The lowest BCUT2D eigenvalue weighted by Gasteiger charge is -2.29. The van der Waals surface area contributed by atoms with E-state index in [9.17, 15) is 14.0 Å². The Morgan fingerprint density at radius 2 is 1.67 bits per heavy atom. The number of ether oxygens (including phenoxy) is 2. The number of hydrogen-bond acceptors (Lipinski definition) is 4. The van der Waals surface area contributed by atoms with E-state index in [1.807, 2.05) is 0 Å². The predicted molar refractivity (Wildman–Crippen MR) is 68.7 cm³/mol. The molecule has 0 saturated carbocycles. The lowest BCUT2D eigenvalue weighted by atomic mass is 9.86. The highest BCUT2D eigenvalue weighted by Gasteiger charge is 2.33. The molecule has 112 valence electrons. The first kappa shape index (κ1) is 14.8. The van der Waals surface area contributed by atoms with Crippen LogP contribution in [0.25, 0.3) is 0 Å². The number of allylic oxidation sites excluding steroid dienone is 1. The van der Waals surface area contributed by atoms with Gasteiger partial charge in [-0.25, -0.2) is 14.0 Å². The first-order valence-corrected chi connectivity index (χ1v) is 6.18. The van der Waals surface area contributed by atoms with Gasteiger partial charge in [-0.05, 0) is 30.2 Å². The minimum absolute atomic E-state index is 0.205. The van der Waals surface area contributed by atoms with Crippen molar-refractivity contribution in [2.75, 3.05) is 0 Å². The second kappa shape index (κ2) is 6.25. The van der Waals surface area contributed by atoms with Gasteiger partial charge in [0.05, 0.1) is 0 Å². The number of carbonyl (C=O) groups is 2. The van der Waals surface area contributed by atoms with Crippen molar-refractivity contribution in [1.29, 1.82) is 0 Å². The molecule has 7 heteroatoms. The molecule has 0 amide bonds. The zero-order valence-corrected chi connectivity index (χ0v) is 10.8. The lowest BCUT2D eigenvalue weighted by molar-refractivity contribution is -0.0297. The summed E-state index contributed by atoms with van der Waals surface area (Å²) in [6, 6.07) is 5.77. The van der Waals surface area contributed by atoms with Gasteiger partial charge in [-0.2, -0.15) is 0 Å². The van der Waals surface area contributed by atoms with E-state index in [-0.39, 0.29) is 18.2 Å². The van der Waals surface area contributed by atoms with E-state index < -0.39 is 24.5 Å². The molecule has 0 aromatic heterocycles. The number of rotatable bonds is 3. The van der Waals surface area contributed by atoms with Crippen LogP contribution in [-0.2, 0) is 9.47 Å². The first-order valence-electron chi connectivity index (χ1n) is 6.18. The third-order valence-corrected chi connectivity index (χ3v) is 3.17. The fraction of sp³-hybridized carbons (Fsp3) is 0.286. The molecule has 0 fully saturated rings. The molecule has 1 unspecified atom stereocenters. The van der Waals surface area contributed by atoms with E-state index in [0.717, 1.165) is 5.56 Å². The van der Waals surface area contributed by atoms with Crippen molar-refractivity contribution in [3.63, 3.8) is 0 Å². The van der Waals surface area contributed by atoms with E-state index >= 15 is 0 Å². The Morgan fingerprint density at radius 1 is 1.05 bits per heavy atom. The van der Waals surface area contributed by atoms with Crippen molar-refractivity contribution in [2.24, 2.45) is 0 Å². The Kier molecular flexibility index (Phi) is 4.42. The van der Waals surface area contributed by atoms with Crippen LogP contribution < -0.4 is 0 Å². The van der Waals surface area contributed by atoms with Crippen molar-refractivity contribution in [3.8, 4) is 0 Å². The molecule has 2 rings (SSSR count). The second-order valence-electron chi connectivity index (χ2n) is 4.55. The molecule has 1 aromatic carbocycles. The Morgan fingerprint density at radius 3 is 2.24 bits per heavy atom. The third-order valence-electron chi connectivity index (χ3n) is 3.17. The zero-order valence-electron chi connectivity index (χ0n) is 10.8. The first-order chi connectivity index (χ1) is 9.95. The topological polar surface area (TPSA) is 93.1 Å². The zero-order chi connectivity index (χ0) is 15.4. The molecule has 0 bridgehead atoms. The lowest BCUT2D eigenvalue weighted by Crippen LogP contribution is -2.36. The highest BCUT2D eigenvalue weighted by molar-refractivity contribution is 5.59. The average Bonchev–Trinajstić information content (AvgIpc) is 2.40. The second-order valence-corrected chi connectivity index (χ2v) is 4.55. The Bertz CT molecular complexity index is 553. The van der Waals surface area contributed by atoms with Gasteiger partial charge in [-0.3, -0.25) is 0 Å². The summed E-state index contributed by atoms with van der Waals surface area (Å²) in [6.07, 6.45) is -1.60. The number of halogens is 1. The maximum atomic E-state index is 12.9. The van der Waals surface area contributed by atoms with E-state index in [4.69, 9.17) is 10.2 Å². The fourth-order valence-corrected chi connectivity index (χ4v) is 2.26. The fourth-order valence-electron chi connectivity index (χ4n) is 2.26. The summed E-state index contributed by atoms with van der Waals surface area (Å²) in [5.74, 6) is -0.576. The van der Waals surface area contributed by atoms with Gasteiger partial charge < -0.3 is 19.7 Å². The van der Waals surface area contributed by atoms with E-state index in [1.54, 1.807) is 18.2 Å². The quantitative estimate of drug-likeness (QED) is 0.658. The Hall–Kier alpha value is -2.57. The average molecular weight is 296 g/mol. The van der Waals surface area contributed by atoms with Gasteiger partial charge in [0.2, 0.25) is 0 Å². The number of hydrogen-bond donors (Lipinski definition) is 2. The maximum absolute atomic E-state index is 12.9. The van der Waals surface area contributed by atoms with Gasteiger partial charge in [-0.1, -0.05) is 18.2 Å². The molecule has 1 aliphatic rings. The molecule has 6 nitrogen and oxygen atoms in total. The Labute approximate surface area is 119 Å². The summed E-state index contributed by atoms with van der Waals surface area (Å²) in [6.45, 7) is 0. The van der Waals surface area contributed by atoms with Gasteiger partial charge in [-0.15, -0.1) is 0 Å². The standard InChI is InChI=1S/C14H13FO6/c15-10-4-1-8(2-5-10)9-3-6-11(20-13(16)17)12(7-9)21-14(18)19/h1-6,9,11-12H,7H2,(H,16,17)(H,18,19)/t9?,11-,12+/m1/s1. The van der Waals surface area contributed by atoms with E-state index in [0.29, 0.717) is 0 Å². The van der Waals surface area contributed by atoms with E-state index in [1.165, 1.54) is 18.2 Å². The predicted octanol–water partition coefficient (Wildman–Crippen LogP) is 3.00. The summed E-state index contributed by atoms with van der Waals surface area (Å²) in [5, 5.41) is 17.3. The molecule has 0 saturated heterocycles. The van der Waals surface area contributed by atoms with Gasteiger partial charge in [0, 0.05) is 5.92 Å². The highest BCUT2D eigenvalue weighted by Crippen LogP contribution is 2.31. The monoisotopic (exact) mass is 296 g/mol. The molecular formula is C14H13FO6. The van der Waals surface area contributed by atoms with Crippen LogP contribution >= 0.6 is 0 Å². The molecule has 0 radical (unpaired) electrons. The van der Waals surface area contributed by atoms with Crippen molar-refractivity contribution >= 4 is 12.3 Å². The molecule has 1 aromatic rings. The highest BCUT2D eigenvalue weighted by atomic mass is 19.1. The summed E-state index contributed by atoms with van der Waals surface area (Å²) >= 11 is 0. The summed E-state index contributed by atoms with van der Waals surface area (Å²) < 4.78 is 22.2. The summed E-state index contributed by atoms with van der Waals surface area (Å²) in [5.41, 5.74) is 0.778. The SMILES string of the molecule is O=C(O)O[C@H]1CC(c2ccc(F)cc2)C=C[C@H]1OC(=O)O. The molecule has 21 heavy (non-hydrogen) atoms. The molecule has 1 aliphatic carbocycles. The molecular weight excluding hydrogens is 283 g/mol. The molecule has 3 atom stereocenters. The summed E-state index contributed by atoms with van der Waals surface area (Å²) in [4.78, 5) is 21.3. The normalized spacial score (nSPS) is 24.3. The minimum Gasteiger partial charge on any atom is -0.450 e. The van der Waals surface area contributed by atoms with Crippen molar-refractivity contribution in [2.45, 2.75) is 24.5 Å². The number of carboxylic acid groups (broad SMARTS) is 2. The maximum Gasteiger partial charge on any atom is 0.506 e. The third kappa shape index (κ3) is 3.95. The Balaban J connectivity index is 2.18. The molecule has 0 aliphatic heterocycles. The van der Waals surface area contributed by atoms with Gasteiger partial charge in [0.25, 0.3) is 0 Å². The van der Waals surface area contributed by atoms with Crippen LogP contribution in [0, 0.1) is 5.82 Å².